The quantitative estimate of drug-likeness (QED) is 0.854. The maximum Gasteiger partial charge on any atom is 0.123 e. The largest absolute Gasteiger partial charge is 0.390 e. The van der Waals surface area contributed by atoms with Gasteiger partial charge in [0.1, 0.15) is 5.01 Å². The lowest BCUT2D eigenvalue weighted by atomic mass is 10.2. The van der Waals surface area contributed by atoms with Crippen LogP contribution in [0, 0.1) is 0 Å². The van der Waals surface area contributed by atoms with Gasteiger partial charge in [0.05, 0.1) is 12.3 Å². The molecule has 1 aromatic heterocycles. The van der Waals surface area contributed by atoms with E-state index in [1.165, 1.54) is 4.90 Å². The summed E-state index contributed by atoms with van der Waals surface area (Å²) in [5.74, 6) is 0. The monoisotopic (exact) mass is 265 g/mol. The Balaban J connectivity index is 2.17. The lowest BCUT2D eigenvalue weighted by Gasteiger charge is -2.04. The zero-order valence-electron chi connectivity index (χ0n) is 9.88. The van der Waals surface area contributed by atoms with Gasteiger partial charge >= 0.3 is 0 Å². The summed E-state index contributed by atoms with van der Waals surface area (Å²) < 4.78 is 0. The molecule has 2 rings (SSSR count). The first-order chi connectivity index (χ1) is 8.19. The first kappa shape index (κ1) is 12.6. The van der Waals surface area contributed by atoms with Crippen molar-refractivity contribution in [3.8, 4) is 10.6 Å². The van der Waals surface area contributed by atoms with E-state index in [4.69, 9.17) is 5.11 Å². The highest BCUT2D eigenvalue weighted by molar-refractivity contribution is 7.99. The Morgan fingerprint density at radius 3 is 2.53 bits per heavy atom. The van der Waals surface area contributed by atoms with Crippen LogP contribution in [0.4, 0.5) is 0 Å². The summed E-state index contributed by atoms with van der Waals surface area (Å²) in [6.45, 7) is 4.39. The highest BCUT2D eigenvalue weighted by atomic mass is 32.2. The zero-order chi connectivity index (χ0) is 12.3. The van der Waals surface area contributed by atoms with Gasteiger partial charge < -0.3 is 5.11 Å². The fraction of sp³-hybridized carbons (Fsp3) is 0.308. The molecule has 0 atom stereocenters. The number of aliphatic hydroxyl groups excluding tert-OH is 1. The number of aliphatic hydroxyl groups is 1. The van der Waals surface area contributed by atoms with Crippen molar-refractivity contribution in [2.24, 2.45) is 0 Å². The normalized spacial score (nSPS) is 11.1. The third-order valence-corrected chi connectivity index (χ3v) is 4.14. The van der Waals surface area contributed by atoms with E-state index in [2.05, 4.69) is 43.1 Å². The second kappa shape index (κ2) is 5.67. The first-order valence-corrected chi connectivity index (χ1v) is 7.27. The fourth-order valence-corrected chi connectivity index (χ4v) is 3.12. The maximum atomic E-state index is 8.98. The minimum atomic E-state index is 0.0117. The van der Waals surface area contributed by atoms with Gasteiger partial charge in [-0.15, -0.1) is 23.1 Å². The van der Waals surface area contributed by atoms with Gasteiger partial charge in [-0.05, 0) is 12.1 Å². The topological polar surface area (TPSA) is 33.1 Å². The molecule has 0 amide bonds. The first-order valence-electron chi connectivity index (χ1n) is 5.51. The molecule has 0 aliphatic carbocycles. The Kier molecular flexibility index (Phi) is 4.20. The smallest absolute Gasteiger partial charge is 0.123 e. The van der Waals surface area contributed by atoms with Crippen LogP contribution in [0.15, 0.2) is 34.5 Å². The number of aromatic nitrogens is 1. The van der Waals surface area contributed by atoms with Crippen molar-refractivity contribution in [1.82, 2.24) is 4.98 Å². The molecule has 1 N–H and O–H groups in total. The Hall–Kier alpha value is -0.840. The summed E-state index contributed by atoms with van der Waals surface area (Å²) in [5.41, 5.74) is 1.86. The Morgan fingerprint density at radius 1 is 1.29 bits per heavy atom. The number of thiazole rings is 1. The third-order valence-electron chi connectivity index (χ3n) is 2.19. The SMILES string of the molecule is CC(C)Sc1ccc(-c2nc(CO)cs2)cc1. The number of hydrogen-bond donors (Lipinski definition) is 1. The summed E-state index contributed by atoms with van der Waals surface area (Å²) in [7, 11) is 0. The molecule has 4 heteroatoms. The van der Waals surface area contributed by atoms with Crippen molar-refractivity contribution < 1.29 is 5.11 Å². The molecular weight excluding hydrogens is 250 g/mol. The standard InChI is InChI=1S/C13H15NOS2/c1-9(2)17-12-5-3-10(4-6-12)13-14-11(7-15)8-16-13/h3-6,8-9,15H,7H2,1-2H3. The molecule has 0 spiro atoms. The summed E-state index contributed by atoms with van der Waals surface area (Å²) in [5, 5.41) is 12.4. The van der Waals surface area contributed by atoms with Gasteiger partial charge in [0.25, 0.3) is 0 Å². The van der Waals surface area contributed by atoms with Gasteiger partial charge in [0, 0.05) is 21.1 Å². The molecule has 1 heterocycles. The van der Waals surface area contributed by atoms with Crippen molar-refractivity contribution in [1.29, 1.82) is 0 Å². The third kappa shape index (κ3) is 3.31. The van der Waals surface area contributed by atoms with Gasteiger partial charge in [-0.3, -0.25) is 0 Å². The van der Waals surface area contributed by atoms with Crippen LogP contribution in [0.3, 0.4) is 0 Å². The zero-order valence-corrected chi connectivity index (χ0v) is 11.5. The van der Waals surface area contributed by atoms with Crippen LogP contribution in [-0.2, 0) is 6.61 Å². The number of benzene rings is 1. The summed E-state index contributed by atoms with van der Waals surface area (Å²) in [6.07, 6.45) is 0. The second-order valence-electron chi connectivity index (χ2n) is 3.99. The van der Waals surface area contributed by atoms with Crippen LogP contribution in [0.5, 0.6) is 0 Å². The molecule has 0 saturated heterocycles. The molecule has 1 aromatic carbocycles. The Labute approximate surface area is 110 Å². The van der Waals surface area contributed by atoms with E-state index >= 15 is 0 Å². The molecule has 0 saturated carbocycles. The van der Waals surface area contributed by atoms with E-state index in [9.17, 15) is 0 Å². The van der Waals surface area contributed by atoms with Crippen molar-refractivity contribution in [3.63, 3.8) is 0 Å². The molecule has 90 valence electrons. The molecule has 0 fully saturated rings. The Bertz CT molecular complexity index is 476. The summed E-state index contributed by atoms with van der Waals surface area (Å²) in [4.78, 5) is 5.63. The predicted molar refractivity (Wildman–Crippen MR) is 74.5 cm³/mol. The van der Waals surface area contributed by atoms with Crippen LogP contribution >= 0.6 is 23.1 Å². The number of nitrogens with zero attached hydrogens (tertiary/aromatic N) is 1. The van der Waals surface area contributed by atoms with Crippen LogP contribution in [-0.4, -0.2) is 15.3 Å². The van der Waals surface area contributed by atoms with Gasteiger partial charge in [-0.25, -0.2) is 4.98 Å². The van der Waals surface area contributed by atoms with E-state index in [1.54, 1.807) is 11.3 Å². The Morgan fingerprint density at radius 2 is 2.00 bits per heavy atom. The summed E-state index contributed by atoms with van der Waals surface area (Å²) in [6, 6.07) is 8.43. The van der Waals surface area contributed by atoms with Crippen molar-refractivity contribution in [3.05, 3.63) is 35.3 Å². The maximum absolute atomic E-state index is 8.98. The number of thioether (sulfide) groups is 1. The number of rotatable bonds is 4. The molecule has 0 aliphatic heterocycles. The molecule has 0 unspecified atom stereocenters. The van der Waals surface area contributed by atoms with Gasteiger partial charge in [0.2, 0.25) is 0 Å². The lowest BCUT2D eigenvalue weighted by molar-refractivity contribution is 0.278. The minimum absolute atomic E-state index is 0.0117. The van der Waals surface area contributed by atoms with Crippen molar-refractivity contribution >= 4 is 23.1 Å². The second-order valence-corrected chi connectivity index (χ2v) is 6.50. The molecular formula is C13H15NOS2. The van der Waals surface area contributed by atoms with Gasteiger partial charge in [0.15, 0.2) is 0 Å². The van der Waals surface area contributed by atoms with Crippen LogP contribution < -0.4 is 0 Å². The molecule has 0 bridgehead atoms. The molecule has 0 aliphatic rings. The van der Waals surface area contributed by atoms with Crippen molar-refractivity contribution in [2.75, 3.05) is 0 Å². The van der Waals surface area contributed by atoms with E-state index in [-0.39, 0.29) is 6.61 Å². The fourth-order valence-electron chi connectivity index (χ4n) is 1.46. The average Bonchev–Trinajstić information content (AvgIpc) is 2.78. The molecule has 0 radical (unpaired) electrons. The van der Waals surface area contributed by atoms with E-state index < -0.39 is 0 Å². The van der Waals surface area contributed by atoms with Crippen LogP contribution in [0.25, 0.3) is 10.6 Å². The highest BCUT2D eigenvalue weighted by Crippen LogP contribution is 2.28. The predicted octanol–water partition coefficient (Wildman–Crippen LogP) is 3.80. The molecule has 2 aromatic rings. The van der Waals surface area contributed by atoms with Gasteiger partial charge in [-0.1, -0.05) is 26.0 Å². The van der Waals surface area contributed by atoms with Crippen molar-refractivity contribution in [2.45, 2.75) is 30.6 Å². The van der Waals surface area contributed by atoms with E-state index in [0.717, 1.165) is 16.3 Å². The van der Waals surface area contributed by atoms with Gasteiger partial charge in [-0.2, -0.15) is 0 Å². The summed E-state index contributed by atoms with van der Waals surface area (Å²) >= 11 is 3.42. The average molecular weight is 265 g/mol. The number of hydrogen-bond acceptors (Lipinski definition) is 4. The van der Waals surface area contributed by atoms with E-state index in [0.29, 0.717) is 5.25 Å². The molecule has 2 nitrogen and oxygen atoms in total. The van der Waals surface area contributed by atoms with Crippen LogP contribution in [0.2, 0.25) is 0 Å². The van der Waals surface area contributed by atoms with E-state index in [1.807, 2.05) is 17.1 Å². The van der Waals surface area contributed by atoms with Crippen LogP contribution in [0.1, 0.15) is 19.5 Å². The molecule has 17 heavy (non-hydrogen) atoms. The lowest BCUT2D eigenvalue weighted by Crippen LogP contribution is -1.86. The highest BCUT2D eigenvalue weighted by Gasteiger charge is 2.04. The minimum Gasteiger partial charge on any atom is -0.390 e.